The van der Waals surface area contributed by atoms with Gasteiger partial charge in [-0.2, -0.15) is 0 Å². The lowest BCUT2D eigenvalue weighted by Gasteiger charge is -1.76. The summed E-state index contributed by atoms with van der Waals surface area (Å²) in [4.78, 5) is 13.4. The Labute approximate surface area is 49.6 Å². The maximum Gasteiger partial charge on any atom is 0.202 e. The Morgan fingerprint density at radius 2 is 2.62 bits per heavy atom. The number of rotatable bonds is 1. The molecule has 1 N–H and O–H groups in total. The summed E-state index contributed by atoms with van der Waals surface area (Å²) >= 11 is 1.04. The maximum absolute atomic E-state index is 9.87. The third-order valence-electron chi connectivity index (χ3n) is 0.687. The molecule has 3 nitrogen and oxygen atoms in total. The summed E-state index contributed by atoms with van der Waals surface area (Å²) in [5.41, 5.74) is 1.54. The third-order valence-corrected chi connectivity index (χ3v) is 1.33. The van der Waals surface area contributed by atoms with Crippen molar-refractivity contribution in [2.45, 2.75) is 0 Å². The van der Waals surface area contributed by atoms with Gasteiger partial charge in [0.05, 0.1) is 5.51 Å². The fourth-order valence-corrected chi connectivity index (χ4v) is 0.817. The zero-order valence-corrected chi connectivity index (χ0v) is 4.68. The van der Waals surface area contributed by atoms with E-state index in [1.807, 2.05) is 0 Å². The van der Waals surface area contributed by atoms with Crippen molar-refractivity contribution in [1.82, 2.24) is 4.98 Å². The molecule has 0 saturated carbocycles. The van der Waals surface area contributed by atoms with E-state index in [4.69, 9.17) is 5.11 Å². The fourth-order valence-electron chi connectivity index (χ4n) is 0.329. The van der Waals surface area contributed by atoms with Crippen LogP contribution in [-0.2, 0) is 0 Å². The van der Waals surface area contributed by atoms with E-state index in [-0.39, 0.29) is 10.8 Å². The Balaban J connectivity index is 3.09. The molecule has 0 aromatic carbocycles. The van der Waals surface area contributed by atoms with Crippen LogP contribution in [0.1, 0.15) is 10.5 Å². The smallest absolute Gasteiger partial charge is 0.202 e. The van der Waals surface area contributed by atoms with Gasteiger partial charge in [-0.15, -0.1) is 0 Å². The first-order chi connectivity index (χ1) is 3.84. The lowest BCUT2D eigenvalue weighted by Crippen LogP contribution is -1.75. The standard InChI is InChI=1S/C4H3NO2S/c6-1-3-4(7)8-2-5-3/h1-2,7H. The van der Waals surface area contributed by atoms with Crippen LogP contribution in [0.5, 0.6) is 5.06 Å². The van der Waals surface area contributed by atoms with Crippen molar-refractivity contribution in [1.29, 1.82) is 0 Å². The molecule has 0 atom stereocenters. The molecule has 0 spiro atoms. The van der Waals surface area contributed by atoms with Gasteiger partial charge in [-0.05, 0) is 0 Å². The largest absolute Gasteiger partial charge is 0.498 e. The molecule has 0 aliphatic carbocycles. The summed E-state index contributed by atoms with van der Waals surface area (Å²) in [6, 6.07) is 0. The lowest BCUT2D eigenvalue weighted by atomic mass is 10.5. The first-order valence-corrected chi connectivity index (χ1v) is 2.80. The molecular formula is C4H3NO2S. The molecule has 42 valence electrons. The predicted octanol–water partition coefficient (Wildman–Crippen LogP) is 0.661. The normalized spacial score (nSPS) is 9.00. The van der Waals surface area contributed by atoms with Crippen molar-refractivity contribution in [3.05, 3.63) is 11.2 Å². The van der Waals surface area contributed by atoms with Crippen LogP contribution < -0.4 is 0 Å². The minimum Gasteiger partial charge on any atom is -0.498 e. The van der Waals surface area contributed by atoms with Gasteiger partial charge in [0.15, 0.2) is 12.0 Å². The van der Waals surface area contributed by atoms with E-state index in [1.165, 1.54) is 5.51 Å². The first kappa shape index (κ1) is 5.24. The Morgan fingerprint density at radius 3 is 2.88 bits per heavy atom. The molecule has 0 radical (unpaired) electrons. The van der Waals surface area contributed by atoms with Crippen molar-refractivity contribution >= 4 is 17.6 Å². The molecule has 1 aromatic heterocycles. The van der Waals surface area contributed by atoms with Gasteiger partial charge in [0.2, 0.25) is 5.06 Å². The second kappa shape index (κ2) is 1.92. The zero-order valence-electron chi connectivity index (χ0n) is 3.87. The van der Waals surface area contributed by atoms with Crippen molar-refractivity contribution < 1.29 is 9.90 Å². The molecule has 8 heavy (non-hydrogen) atoms. The second-order valence-corrected chi connectivity index (χ2v) is 1.99. The molecular weight excluding hydrogens is 126 g/mol. The van der Waals surface area contributed by atoms with Crippen LogP contribution in [0.2, 0.25) is 0 Å². The van der Waals surface area contributed by atoms with Crippen LogP contribution in [0, 0.1) is 0 Å². The quantitative estimate of drug-likeness (QED) is 0.567. The highest BCUT2D eigenvalue weighted by Crippen LogP contribution is 2.17. The van der Waals surface area contributed by atoms with E-state index < -0.39 is 0 Å². The third kappa shape index (κ3) is 0.696. The summed E-state index contributed by atoms with van der Waals surface area (Å²) in [6.07, 6.45) is 0.520. The molecule has 0 saturated heterocycles. The van der Waals surface area contributed by atoms with E-state index in [2.05, 4.69) is 4.98 Å². The lowest BCUT2D eigenvalue weighted by molar-refractivity contribution is 0.111. The monoisotopic (exact) mass is 129 g/mol. The second-order valence-electron chi connectivity index (χ2n) is 1.16. The molecule has 1 aromatic rings. The summed E-state index contributed by atoms with van der Waals surface area (Å²) < 4.78 is 0. The number of aromatic hydroxyl groups is 1. The first-order valence-electron chi connectivity index (χ1n) is 1.92. The molecule has 0 fully saturated rings. The molecule has 1 heterocycles. The van der Waals surface area contributed by atoms with E-state index in [1.54, 1.807) is 0 Å². The van der Waals surface area contributed by atoms with Crippen molar-refractivity contribution in [2.24, 2.45) is 0 Å². The van der Waals surface area contributed by atoms with Gasteiger partial charge in [0.1, 0.15) is 0 Å². The van der Waals surface area contributed by atoms with Crippen molar-refractivity contribution in [2.75, 3.05) is 0 Å². The van der Waals surface area contributed by atoms with E-state index in [0.29, 0.717) is 6.29 Å². The van der Waals surface area contributed by atoms with Crippen LogP contribution in [0.3, 0.4) is 0 Å². The van der Waals surface area contributed by atoms with Gasteiger partial charge in [-0.1, -0.05) is 11.3 Å². The van der Waals surface area contributed by atoms with Crippen LogP contribution in [0.25, 0.3) is 0 Å². The SMILES string of the molecule is O=Cc1ncsc1O. The van der Waals surface area contributed by atoms with Gasteiger partial charge in [0.25, 0.3) is 0 Å². The topological polar surface area (TPSA) is 50.2 Å². The van der Waals surface area contributed by atoms with Crippen molar-refractivity contribution in [3.63, 3.8) is 0 Å². The molecule has 0 amide bonds. The summed E-state index contributed by atoms with van der Waals surface area (Å²) in [7, 11) is 0. The fraction of sp³-hybridized carbons (Fsp3) is 0. The van der Waals surface area contributed by atoms with Gasteiger partial charge in [-0.25, -0.2) is 4.98 Å². The Hall–Kier alpha value is -0.900. The Kier molecular flexibility index (Phi) is 1.26. The van der Waals surface area contributed by atoms with Crippen LogP contribution >= 0.6 is 11.3 Å². The molecule has 0 aliphatic heterocycles. The number of hydrogen-bond acceptors (Lipinski definition) is 4. The van der Waals surface area contributed by atoms with E-state index in [9.17, 15) is 4.79 Å². The Morgan fingerprint density at radius 1 is 1.88 bits per heavy atom. The number of hydrogen-bond donors (Lipinski definition) is 1. The van der Waals surface area contributed by atoms with Gasteiger partial charge in [-0.3, -0.25) is 4.79 Å². The number of aromatic nitrogens is 1. The van der Waals surface area contributed by atoms with Gasteiger partial charge < -0.3 is 5.11 Å². The number of nitrogens with zero attached hydrogens (tertiary/aromatic N) is 1. The molecule has 4 heteroatoms. The highest BCUT2D eigenvalue weighted by molar-refractivity contribution is 7.11. The summed E-state index contributed by atoms with van der Waals surface area (Å²) in [5.74, 6) is 0. The number of thiazole rings is 1. The molecule has 1 rings (SSSR count). The Bertz CT molecular complexity index is 196. The minimum absolute atomic E-state index is 0.0139. The van der Waals surface area contributed by atoms with Gasteiger partial charge in [0, 0.05) is 0 Å². The average molecular weight is 129 g/mol. The maximum atomic E-state index is 9.87. The molecule has 0 bridgehead atoms. The molecule has 0 unspecified atom stereocenters. The van der Waals surface area contributed by atoms with Crippen molar-refractivity contribution in [3.8, 4) is 5.06 Å². The molecule has 0 aliphatic rings. The van der Waals surface area contributed by atoms with Crippen LogP contribution in [-0.4, -0.2) is 16.4 Å². The highest BCUT2D eigenvalue weighted by atomic mass is 32.1. The predicted molar refractivity (Wildman–Crippen MR) is 29.2 cm³/mol. The summed E-state index contributed by atoms with van der Waals surface area (Å²) in [5, 5.41) is 8.66. The van der Waals surface area contributed by atoms with Crippen LogP contribution in [0.15, 0.2) is 5.51 Å². The zero-order chi connectivity index (χ0) is 5.98. The number of carbonyl (C=O) groups is 1. The minimum atomic E-state index is -0.0139. The van der Waals surface area contributed by atoms with E-state index >= 15 is 0 Å². The van der Waals surface area contributed by atoms with Crippen LogP contribution in [0.4, 0.5) is 0 Å². The number of aldehydes is 1. The number of carbonyl (C=O) groups excluding carboxylic acids is 1. The summed E-state index contributed by atoms with van der Waals surface area (Å²) in [6.45, 7) is 0. The van der Waals surface area contributed by atoms with E-state index in [0.717, 1.165) is 11.3 Å². The van der Waals surface area contributed by atoms with Gasteiger partial charge >= 0.3 is 0 Å². The average Bonchev–Trinajstić information content (AvgIpc) is 2.14. The highest BCUT2D eigenvalue weighted by Gasteiger charge is 1.98.